The number of piperidine rings is 1. The third-order valence-corrected chi connectivity index (χ3v) is 6.49. The van der Waals surface area contributed by atoms with Gasteiger partial charge in [-0.25, -0.2) is 0 Å². The van der Waals surface area contributed by atoms with Crippen molar-refractivity contribution < 1.29 is 14.4 Å². The predicted molar refractivity (Wildman–Crippen MR) is 123 cm³/mol. The van der Waals surface area contributed by atoms with Crippen LogP contribution in [0.1, 0.15) is 29.5 Å². The number of aryl methyl sites for hydroxylation is 2. The number of benzene rings is 2. The number of hydrogen-bond acceptors (Lipinski definition) is 4. The first kappa shape index (κ1) is 23.3. The molecule has 0 saturated carbocycles. The Bertz CT molecular complexity index is 917. The summed E-state index contributed by atoms with van der Waals surface area (Å²) in [5.74, 6) is -0.266. The van der Waals surface area contributed by atoms with E-state index < -0.39 is 5.54 Å². The van der Waals surface area contributed by atoms with E-state index in [0.717, 1.165) is 16.7 Å². The average Bonchev–Trinajstić information content (AvgIpc) is 2.76. The zero-order chi connectivity index (χ0) is 22.6. The van der Waals surface area contributed by atoms with Gasteiger partial charge in [0.25, 0.3) is 0 Å². The molecule has 1 saturated heterocycles. The molecule has 1 heterocycles. The van der Waals surface area contributed by atoms with Gasteiger partial charge in [-0.15, -0.1) is 0 Å². The number of carbonyl (C=O) groups is 2. The average molecular weight is 444 g/mol. The minimum atomic E-state index is -0.948. The maximum absolute atomic E-state index is 13.5. The molecule has 1 aliphatic rings. The van der Waals surface area contributed by atoms with Crippen molar-refractivity contribution in [2.75, 3.05) is 32.6 Å². The smallest absolute Gasteiger partial charge is 0.250 e. The van der Waals surface area contributed by atoms with Crippen molar-refractivity contribution in [3.8, 4) is 0 Å². The number of nitrogens with one attached hydrogen (secondary N) is 1. The molecule has 0 unspecified atom stereocenters. The minimum Gasteiger partial charge on any atom is -0.331 e. The van der Waals surface area contributed by atoms with Crippen LogP contribution in [0.4, 0.5) is 5.69 Å². The summed E-state index contributed by atoms with van der Waals surface area (Å²) in [4.78, 5) is 33.8. The molecular formula is C24H30ClN3O3. The topological polar surface area (TPSA) is 61.9 Å². The van der Waals surface area contributed by atoms with E-state index >= 15 is 0 Å². The molecule has 2 aromatic carbocycles. The van der Waals surface area contributed by atoms with E-state index in [9.17, 15) is 9.59 Å². The highest BCUT2D eigenvalue weighted by Gasteiger charge is 2.47. The van der Waals surface area contributed by atoms with E-state index in [4.69, 9.17) is 16.4 Å². The molecule has 1 aliphatic heterocycles. The summed E-state index contributed by atoms with van der Waals surface area (Å²) in [5, 5.41) is 5.48. The van der Waals surface area contributed by atoms with Crippen molar-refractivity contribution in [3.63, 3.8) is 0 Å². The molecule has 0 atom stereocenters. The summed E-state index contributed by atoms with van der Waals surface area (Å²) in [6.45, 7) is 5.04. The van der Waals surface area contributed by atoms with Gasteiger partial charge >= 0.3 is 0 Å². The van der Waals surface area contributed by atoms with Crippen molar-refractivity contribution in [3.05, 3.63) is 64.2 Å². The molecule has 0 bridgehead atoms. The Hall–Kier alpha value is -2.41. The maximum atomic E-state index is 13.5. The highest BCUT2D eigenvalue weighted by atomic mass is 35.5. The lowest BCUT2D eigenvalue weighted by atomic mass is 9.84. The van der Waals surface area contributed by atoms with Crippen LogP contribution in [0.2, 0.25) is 5.02 Å². The van der Waals surface area contributed by atoms with Gasteiger partial charge < -0.3 is 15.1 Å². The van der Waals surface area contributed by atoms with Crippen molar-refractivity contribution >= 4 is 29.1 Å². The maximum Gasteiger partial charge on any atom is 0.250 e. The lowest BCUT2D eigenvalue weighted by Gasteiger charge is -2.45. The largest absolute Gasteiger partial charge is 0.331 e. The molecule has 2 aromatic rings. The third kappa shape index (κ3) is 5.09. The number of para-hydroxylation sites is 1. The van der Waals surface area contributed by atoms with Gasteiger partial charge in [0.05, 0.1) is 13.5 Å². The molecule has 7 heteroatoms. The summed E-state index contributed by atoms with van der Waals surface area (Å²) in [6.07, 6.45) is 1.19. The summed E-state index contributed by atoms with van der Waals surface area (Å²) in [6, 6.07) is 13.1. The van der Waals surface area contributed by atoms with E-state index in [0.29, 0.717) is 36.6 Å². The molecular weight excluding hydrogens is 414 g/mol. The number of rotatable bonds is 6. The number of nitrogens with zero attached hydrogens (tertiary/aromatic N) is 2. The molecule has 6 nitrogen and oxygen atoms in total. The van der Waals surface area contributed by atoms with Crippen LogP contribution >= 0.6 is 11.6 Å². The summed E-state index contributed by atoms with van der Waals surface area (Å²) in [5.41, 5.74) is 2.67. The van der Waals surface area contributed by atoms with E-state index in [1.807, 2.05) is 61.4 Å². The number of hydrogen-bond donors (Lipinski definition) is 1. The monoisotopic (exact) mass is 443 g/mol. The first-order valence-electron chi connectivity index (χ1n) is 10.4. The molecule has 0 aliphatic carbocycles. The fraction of sp³-hybridized carbons (Fsp3) is 0.417. The van der Waals surface area contributed by atoms with Gasteiger partial charge in [0.2, 0.25) is 11.8 Å². The Balaban J connectivity index is 1.86. The van der Waals surface area contributed by atoms with E-state index in [-0.39, 0.29) is 18.2 Å². The van der Waals surface area contributed by atoms with E-state index in [1.165, 1.54) is 0 Å². The Kier molecular flexibility index (Phi) is 7.36. The third-order valence-electron chi connectivity index (χ3n) is 6.27. The fourth-order valence-electron chi connectivity index (χ4n) is 4.25. The van der Waals surface area contributed by atoms with Crippen LogP contribution in [-0.2, 0) is 20.8 Å². The number of amides is 2. The van der Waals surface area contributed by atoms with Crippen LogP contribution in [0.3, 0.4) is 0 Å². The molecule has 0 spiro atoms. The van der Waals surface area contributed by atoms with Gasteiger partial charge in [-0.05, 0) is 67.6 Å². The van der Waals surface area contributed by atoms with Crippen molar-refractivity contribution in [1.29, 1.82) is 0 Å². The van der Waals surface area contributed by atoms with Crippen molar-refractivity contribution in [2.24, 2.45) is 0 Å². The number of likely N-dealkylation sites (N-methyl/N-ethyl adjacent to an activating group) is 1. The Labute approximate surface area is 189 Å². The molecule has 0 aromatic heterocycles. The second kappa shape index (κ2) is 9.81. The molecule has 31 heavy (non-hydrogen) atoms. The summed E-state index contributed by atoms with van der Waals surface area (Å²) < 4.78 is 0. The zero-order valence-corrected chi connectivity index (χ0v) is 19.3. The van der Waals surface area contributed by atoms with Crippen molar-refractivity contribution in [2.45, 2.75) is 38.6 Å². The molecule has 2 amide bonds. The normalized spacial score (nSPS) is 16.0. The predicted octanol–water partition coefficient (Wildman–Crippen LogP) is 3.99. The second-order valence-corrected chi connectivity index (χ2v) is 8.55. The lowest BCUT2D eigenvalue weighted by Crippen LogP contribution is -2.62. The summed E-state index contributed by atoms with van der Waals surface area (Å²) in [7, 11) is 3.36. The number of halogens is 1. The van der Waals surface area contributed by atoms with Crippen LogP contribution in [0.25, 0.3) is 0 Å². The number of anilines is 1. The fourth-order valence-corrected chi connectivity index (χ4v) is 4.58. The molecule has 166 valence electrons. The standard InChI is InChI=1S/C24H30ClN3O3/c1-17-14-19(25)15-18(2)21(17)16-22(29)27(3)24(10-12-28(31-4)13-11-24)23(30)26-20-8-6-5-7-9-20/h5-9,14-15H,10-13,16H2,1-4H3,(H,26,30). The molecule has 1 fully saturated rings. The number of carbonyl (C=O) groups excluding carboxylic acids is 2. The van der Waals surface area contributed by atoms with Gasteiger partial charge in [0, 0.05) is 30.8 Å². The van der Waals surface area contributed by atoms with Gasteiger partial charge in [-0.2, -0.15) is 5.06 Å². The SMILES string of the molecule is CON1CCC(C(=O)Nc2ccccc2)(N(C)C(=O)Cc2c(C)cc(Cl)cc2C)CC1. The highest BCUT2D eigenvalue weighted by Crippen LogP contribution is 2.31. The van der Waals surface area contributed by atoms with Crippen molar-refractivity contribution in [1.82, 2.24) is 9.96 Å². The lowest BCUT2D eigenvalue weighted by molar-refractivity contribution is -0.171. The minimum absolute atomic E-state index is 0.0948. The second-order valence-electron chi connectivity index (χ2n) is 8.11. The Morgan fingerprint density at radius 1 is 1.13 bits per heavy atom. The Morgan fingerprint density at radius 2 is 1.71 bits per heavy atom. The van der Waals surface area contributed by atoms with Crippen LogP contribution in [0.15, 0.2) is 42.5 Å². The van der Waals surface area contributed by atoms with Crippen LogP contribution < -0.4 is 5.32 Å². The first-order valence-corrected chi connectivity index (χ1v) is 10.8. The van der Waals surface area contributed by atoms with E-state index in [1.54, 1.807) is 19.1 Å². The van der Waals surface area contributed by atoms with Gasteiger partial charge in [-0.1, -0.05) is 29.8 Å². The number of hydroxylamine groups is 2. The van der Waals surface area contributed by atoms with Crippen LogP contribution in [0, 0.1) is 13.8 Å². The van der Waals surface area contributed by atoms with Gasteiger partial charge in [-0.3, -0.25) is 9.59 Å². The van der Waals surface area contributed by atoms with Crippen LogP contribution in [-0.4, -0.2) is 54.6 Å². The molecule has 1 N–H and O–H groups in total. The van der Waals surface area contributed by atoms with Crippen LogP contribution in [0.5, 0.6) is 0 Å². The van der Waals surface area contributed by atoms with Gasteiger partial charge in [0.15, 0.2) is 0 Å². The Morgan fingerprint density at radius 3 is 2.26 bits per heavy atom. The summed E-state index contributed by atoms with van der Waals surface area (Å²) >= 11 is 6.15. The quantitative estimate of drug-likeness (QED) is 0.733. The van der Waals surface area contributed by atoms with E-state index in [2.05, 4.69) is 5.32 Å². The molecule has 3 rings (SSSR count). The molecule has 0 radical (unpaired) electrons. The van der Waals surface area contributed by atoms with Gasteiger partial charge in [0.1, 0.15) is 5.54 Å². The first-order chi connectivity index (χ1) is 14.8. The highest BCUT2D eigenvalue weighted by molar-refractivity contribution is 6.30. The zero-order valence-electron chi connectivity index (χ0n) is 18.6.